The third kappa shape index (κ3) is 4.97. The summed E-state index contributed by atoms with van der Waals surface area (Å²) < 4.78 is 37.4. The van der Waals surface area contributed by atoms with E-state index in [0.717, 1.165) is 9.87 Å². The summed E-state index contributed by atoms with van der Waals surface area (Å²) in [7, 11) is -1.30. The Hall–Kier alpha value is -3.65. The molecule has 0 aliphatic carbocycles. The van der Waals surface area contributed by atoms with Gasteiger partial charge in [0.15, 0.2) is 0 Å². The second-order valence-electron chi connectivity index (χ2n) is 7.06. The number of carbonyl (C=O) groups excluding carboxylic acids is 2. The highest BCUT2D eigenvalue weighted by Crippen LogP contribution is 2.25. The van der Waals surface area contributed by atoms with Gasteiger partial charge < -0.3 is 9.47 Å². The number of sulfonamides is 1. The molecule has 0 aromatic heterocycles. The van der Waals surface area contributed by atoms with Crippen molar-refractivity contribution in [1.29, 1.82) is 0 Å². The van der Waals surface area contributed by atoms with Crippen molar-refractivity contribution < 1.29 is 27.5 Å². The largest absolute Gasteiger partial charge is 0.466 e. The van der Waals surface area contributed by atoms with Crippen LogP contribution in [0.4, 0.5) is 5.69 Å². The summed E-state index contributed by atoms with van der Waals surface area (Å²) in [6.07, 6.45) is -1.27. The third-order valence-corrected chi connectivity index (χ3v) is 6.65. The topological polar surface area (TPSA) is 90.0 Å². The van der Waals surface area contributed by atoms with Crippen molar-refractivity contribution >= 4 is 27.6 Å². The molecule has 166 valence electrons. The zero-order chi connectivity index (χ0) is 23.3. The van der Waals surface area contributed by atoms with E-state index in [0.29, 0.717) is 11.3 Å². The summed E-state index contributed by atoms with van der Waals surface area (Å²) in [4.78, 5) is 24.9. The van der Waals surface area contributed by atoms with Gasteiger partial charge >= 0.3 is 11.9 Å². The van der Waals surface area contributed by atoms with E-state index in [1.165, 1.54) is 38.4 Å². The highest BCUT2D eigenvalue weighted by atomic mass is 32.2. The predicted molar refractivity (Wildman–Crippen MR) is 120 cm³/mol. The van der Waals surface area contributed by atoms with Crippen LogP contribution < -0.4 is 4.31 Å². The number of anilines is 1. The molecule has 0 amide bonds. The van der Waals surface area contributed by atoms with Crippen molar-refractivity contribution in [3.05, 3.63) is 95.6 Å². The van der Waals surface area contributed by atoms with E-state index in [1.54, 1.807) is 42.5 Å². The maximum absolute atomic E-state index is 13.1. The molecule has 1 unspecified atom stereocenters. The maximum atomic E-state index is 13.1. The number of esters is 2. The molecule has 3 aromatic rings. The van der Waals surface area contributed by atoms with Crippen LogP contribution in [0.3, 0.4) is 0 Å². The monoisotopic (exact) mass is 453 g/mol. The molecule has 0 fully saturated rings. The molecule has 0 spiro atoms. The summed E-state index contributed by atoms with van der Waals surface area (Å²) in [5.41, 5.74) is 1.92. The highest BCUT2D eigenvalue weighted by Gasteiger charge is 2.28. The van der Waals surface area contributed by atoms with Crippen LogP contribution in [0.15, 0.2) is 83.8 Å². The predicted octanol–water partition coefficient (Wildman–Crippen LogP) is 3.89. The smallest absolute Gasteiger partial charge is 0.351 e. The molecular formula is C24H23NO6S. The van der Waals surface area contributed by atoms with Crippen LogP contribution in [0.1, 0.15) is 27.6 Å². The van der Waals surface area contributed by atoms with E-state index in [1.807, 2.05) is 19.1 Å². The molecular weight excluding hydrogens is 430 g/mol. The van der Waals surface area contributed by atoms with Crippen LogP contribution in [0.25, 0.3) is 0 Å². The van der Waals surface area contributed by atoms with Gasteiger partial charge in [0, 0.05) is 12.6 Å². The molecule has 0 radical (unpaired) electrons. The van der Waals surface area contributed by atoms with E-state index in [-0.39, 0.29) is 10.5 Å². The fourth-order valence-corrected chi connectivity index (χ4v) is 4.24. The Kier molecular flexibility index (Phi) is 6.95. The molecule has 3 rings (SSSR count). The van der Waals surface area contributed by atoms with Gasteiger partial charge in [0.2, 0.25) is 6.10 Å². The minimum Gasteiger partial charge on any atom is -0.466 e. The third-order valence-electron chi connectivity index (χ3n) is 4.87. The number of carbonyl (C=O) groups is 2. The minimum absolute atomic E-state index is 0.00628. The lowest BCUT2D eigenvalue weighted by molar-refractivity contribution is -0.151. The molecule has 0 aliphatic heterocycles. The summed E-state index contributed by atoms with van der Waals surface area (Å²) in [5, 5.41) is 0. The summed E-state index contributed by atoms with van der Waals surface area (Å²) in [5.74, 6) is -1.59. The van der Waals surface area contributed by atoms with Gasteiger partial charge in [-0.1, -0.05) is 54.1 Å². The molecule has 1 atom stereocenters. The molecule has 32 heavy (non-hydrogen) atoms. The number of aryl methyl sites for hydroxylation is 1. The Bertz CT molecular complexity index is 1210. The van der Waals surface area contributed by atoms with Crippen molar-refractivity contribution in [2.24, 2.45) is 0 Å². The van der Waals surface area contributed by atoms with Gasteiger partial charge in [-0.2, -0.15) is 0 Å². The quantitative estimate of drug-likeness (QED) is 0.504. The fraction of sp³-hybridized carbons (Fsp3) is 0.167. The lowest BCUT2D eigenvalue weighted by atomic mass is 10.1. The molecule has 0 heterocycles. The second kappa shape index (κ2) is 9.65. The first kappa shape index (κ1) is 23.0. The lowest BCUT2D eigenvalue weighted by Crippen LogP contribution is -2.27. The fourth-order valence-electron chi connectivity index (χ4n) is 3.00. The first-order valence-corrected chi connectivity index (χ1v) is 11.2. The number of benzene rings is 3. The van der Waals surface area contributed by atoms with Crippen LogP contribution >= 0.6 is 0 Å². The van der Waals surface area contributed by atoms with Crippen LogP contribution in [0.5, 0.6) is 0 Å². The average molecular weight is 454 g/mol. The highest BCUT2D eigenvalue weighted by molar-refractivity contribution is 7.92. The van der Waals surface area contributed by atoms with Crippen molar-refractivity contribution in [1.82, 2.24) is 0 Å². The Balaban J connectivity index is 1.88. The van der Waals surface area contributed by atoms with E-state index in [4.69, 9.17) is 9.47 Å². The zero-order valence-electron chi connectivity index (χ0n) is 17.9. The van der Waals surface area contributed by atoms with E-state index in [9.17, 15) is 18.0 Å². The van der Waals surface area contributed by atoms with Gasteiger partial charge in [-0.15, -0.1) is 0 Å². The molecule has 3 aromatic carbocycles. The SMILES string of the molecule is COC(=O)C(OC(=O)c1cccc(S(=O)(=O)N(C)c2ccc(C)cc2)c1)c1ccccc1. The standard InChI is InChI=1S/C24H23NO6S/c1-17-12-14-20(15-13-17)25(2)32(28,29)21-11-7-10-19(16-21)23(26)31-22(24(27)30-3)18-8-5-4-6-9-18/h4-16,22H,1-3H3. The van der Waals surface area contributed by atoms with Gasteiger partial charge in [0.25, 0.3) is 10.0 Å². The van der Waals surface area contributed by atoms with Gasteiger partial charge in [-0.25, -0.2) is 18.0 Å². The van der Waals surface area contributed by atoms with Crippen LogP contribution in [0.2, 0.25) is 0 Å². The van der Waals surface area contributed by atoms with Gasteiger partial charge in [0.05, 0.1) is 23.3 Å². The van der Waals surface area contributed by atoms with Crippen molar-refractivity contribution in [2.45, 2.75) is 17.9 Å². The molecule has 8 heteroatoms. The summed E-state index contributed by atoms with van der Waals surface area (Å²) >= 11 is 0. The van der Waals surface area contributed by atoms with Crippen molar-refractivity contribution in [2.75, 3.05) is 18.5 Å². The van der Waals surface area contributed by atoms with Crippen LogP contribution in [-0.4, -0.2) is 34.5 Å². The number of ether oxygens (including phenoxy) is 2. The van der Waals surface area contributed by atoms with Gasteiger partial charge in [0.1, 0.15) is 0 Å². The number of nitrogens with zero attached hydrogens (tertiary/aromatic N) is 1. The average Bonchev–Trinajstić information content (AvgIpc) is 2.82. The zero-order valence-corrected chi connectivity index (χ0v) is 18.7. The first-order chi connectivity index (χ1) is 15.2. The molecule has 7 nitrogen and oxygen atoms in total. The first-order valence-electron chi connectivity index (χ1n) is 9.73. The molecule has 0 saturated heterocycles. The number of methoxy groups -OCH3 is 1. The van der Waals surface area contributed by atoms with Crippen LogP contribution in [0, 0.1) is 6.92 Å². The molecule has 0 aliphatic rings. The van der Waals surface area contributed by atoms with Gasteiger partial charge in [-0.05, 0) is 37.3 Å². The second-order valence-corrected chi connectivity index (χ2v) is 9.02. The Labute approximate surface area is 187 Å². The van der Waals surface area contributed by atoms with E-state index < -0.39 is 28.1 Å². The summed E-state index contributed by atoms with van der Waals surface area (Å²) in [6.45, 7) is 1.91. The number of hydrogen-bond acceptors (Lipinski definition) is 6. The van der Waals surface area contributed by atoms with E-state index >= 15 is 0 Å². The minimum atomic E-state index is -3.93. The summed E-state index contributed by atoms with van der Waals surface area (Å²) in [6, 6.07) is 20.9. The van der Waals surface area contributed by atoms with Crippen molar-refractivity contribution in [3.63, 3.8) is 0 Å². The van der Waals surface area contributed by atoms with E-state index in [2.05, 4.69) is 0 Å². The molecule has 0 saturated carbocycles. The maximum Gasteiger partial charge on any atom is 0.351 e. The molecule has 0 N–H and O–H groups in total. The van der Waals surface area contributed by atoms with Gasteiger partial charge in [-0.3, -0.25) is 4.31 Å². The number of hydrogen-bond donors (Lipinski definition) is 0. The number of rotatable bonds is 7. The lowest BCUT2D eigenvalue weighted by Gasteiger charge is -2.20. The van der Waals surface area contributed by atoms with Crippen molar-refractivity contribution in [3.8, 4) is 0 Å². The Morgan fingerprint density at radius 3 is 2.19 bits per heavy atom. The normalized spacial score (nSPS) is 12.0. The molecule has 0 bridgehead atoms. The van der Waals surface area contributed by atoms with Crippen LogP contribution in [-0.2, 0) is 24.3 Å². The Morgan fingerprint density at radius 1 is 0.906 bits per heavy atom. The Morgan fingerprint density at radius 2 is 1.56 bits per heavy atom.